The second kappa shape index (κ2) is 6.44. The molecule has 0 heterocycles. The zero-order chi connectivity index (χ0) is 15.4. The maximum Gasteiger partial charge on any atom is 0.255 e. The van der Waals surface area contributed by atoms with Crippen LogP contribution in [0.2, 0.25) is 0 Å². The first-order valence-electron chi connectivity index (χ1n) is 7.21. The highest BCUT2D eigenvalue weighted by Gasteiger charge is 2.11. The molecule has 3 nitrogen and oxygen atoms in total. The monoisotopic (exact) mass is 282 g/mol. The lowest BCUT2D eigenvalue weighted by molar-refractivity contribution is 0.102. The second-order valence-electron chi connectivity index (χ2n) is 5.48. The summed E-state index contributed by atoms with van der Waals surface area (Å²) in [7, 11) is 1.88. The third-order valence-electron chi connectivity index (χ3n) is 3.59. The van der Waals surface area contributed by atoms with Crippen LogP contribution in [0.3, 0.4) is 0 Å². The van der Waals surface area contributed by atoms with Crippen molar-refractivity contribution in [2.75, 3.05) is 17.7 Å². The molecule has 2 rings (SSSR count). The number of nitrogens with one attached hydrogen (secondary N) is 2. The van der Waals surface area contributed by atoms with Gasteiger partial charge in [0, 0.05) is 24.0 Å². The van der Waals surface area contributed by atoms with E-state index in [9.17, 15) is 4.79 Å². The maximum absolute atomic E-state index is 12.4. The molecule has 110 valence electrons. The molecule has 0 saturated heterocycles. The molecule has 3 heteroatoms. The minimum Gasteiger partial charge on any atom is -0.388 e. The Morgan fingerprint density at radius 3 is 2.38 bits per heavy atom. The third-order valence-corrected chi connectivity index (χ3v) is 3.59. The highest BCUT2D eigenvalue weighted by Crippen LogP contribution is 2.24. The van der Waals surface area contributed by atoms with Gasteiger partial charge in [0.2, 0.25) is 0 Å². The van der Waals surface area contributed by atoms with Gasteiger partial charge < -0.3 is 10.6 Å². The largest absolute Gasteiger partial charge is 0.388 e. The number of anilines is 2. The summed E-state index contributed by atoms with van der Waals surface area (Å²) in [6.07, 6.45) is 0. The van der Waals surface area contributed by atoms with E-state index in [0.717, 1.165) is 22.5 Å². The molecular weight excluding hydrogens is 260 g/mol. The maximum atomic E-state index is 12.4. The van der Waals surface area contributed by atoms with Crippen molar-refractivity contribution in [3.05, 3.63) is 59.2 Å². The fourth-order valence-electron chi connectivity index (χ4n) is 2.39. The number of hydrogen-bond acceptors (Lipinski definition) is 2. The number of carbonyl (C=O) groups is 1. The predicted octanol–water partition coefficient (Wildman–Crippen LogP) is 4.41. The van der Waals surface area contributed by atoms with E-state index >= 15 is 0 Å². The number of para-hydroxylation sites is 1. The molecule has 0 aliphatic carbocycles. The van der Waals surface area contributed by atoms with E-state index in [0.29, 0.717) is 11.5 Å². The summed E-state index contributed by atoms with van der Waals surface area (Å²) < 4.78 is 0. The molecule has 0 bridgehead atoms. The van der Waals surface area contributed by atoms with Crippen molar-refractivity contribution in [1.29, 1.82) is 0 Å². The summed E-state index contributed by atoms with van der Waals surface area (Å²) >= 11 is 0. The molecule has 0 aliphatic rings. The van der Waals surface area contributed by atoms with Gasteiger partial charge in [-0.2, -0.15) is 0 Å². The molecule has 0 saturated carbocycles. The molecule has 2 aromatic rings. The summed E-state index contributed by atoms with van der Waals surface area (Å²) in [6, 6.07) is 13.6. The van der Waals surface area contributed by atoms with Crippen LogP contribution in [0.25, 0.3) is 0 Å². The standard InChI is InChI=1S/C18H22N2O/c1-12(2)15-7-5-6-8-17(15)20-18(21)14-9-10-16(19-4)13(3)11-14/h5-12,19H,1-4H3,(H,20,21). The number of carbonyl (C=O) groups excluding carboxylic acids is 1. The second-order valence-corrected chi connectivity index (χ2v) is 5.48. The molecule has 0 aromatic heterocycles. The average molecular weight is 282 g/mol. The van der Waals surface area contributed by atoms with Gasteiger partial charge in [0.25, 0.3) is 5.91 Å². The molecule has 2 aromatic carbocycles. The SMILES string of the molecule is CNc1ccc(C(=O)Nc2ccccc2C(C)C)cc1C. The summed E-state index contributed by atoms with van der Waals surface area (Å²) in [5.41, 5.74) is 4.80. The Morgan fingerprint density at radius 1 is 1.05 bits per heavy atom. The van der Waals surface area contributed by atoms with Crippen LogP contribution < -0.4 is 10.6 Å². The van der Waals surface area contributed by atoms with Crippen molar-refractivity contribution in [2.45, 2.75) is 26.7 Å². The van der Waals surface area contributed by atoms with Crippen molar-refractivity contribution < 1.29 is 4.79 Å². The number of amides is 1. The molecule has 0 atom stereocenters. The van der Waals surface area contributed by atoms with Crippen molar-refractivity contribution >= 4 is 17.3 Å². The van der Waals surface area contributed by atoms with E-state index in [1.807, 2.05) is 50.4 Å². The Balaban J connectivity index is 2.24. The molecule has 2 N–H and O–H groups in total. The van der Waals surface area contributed by atoms with Gasteiger partial charge in [-0.3, -0.25) is 4.79 Å². The lowest BCUT2D eigenvalue weighted by Gasteiger charge is -2.14. The average Bonchev–Trinajstić information content (AvgIpc) is 2.47. The first kappa shape index (κ1) is 15.1. The van der Waals surface area contributed by atoms with Crippen LogP contribution in [0.1, 0.15) is 41.3 Å². The van der Waals surface area contributed by atoms with Gasteiger partial charge in [0.1, 0.15) is 0 Å². The van der Waals surface area contributed by atoms with Gasteiger partial charge in [-0.1, -0.05) is 32.0 Å². The van der Waals surface area contributed by atoms with Crippen LogP contribution >= 0.6 is 0 Å². The Morgan fingerprint density at radius 2 is 1.76 bits per heavy atom. The van der Waals surface area contributed by atoms with Gasteiger partial charge in [-0.05, 0) is 48.2 Å². The van der Waals surface area contributed by atoms with Gasteiger partial charge in [0.15, 0.2) is 0 Å². The molecule has 0 unspecified atom stereocenters. The normalized spacial score (nSPS) is 10.5. The van der Waals surface area contributed by atoms with Crippen LogP contribution in [-0.4, -0.2) is 13.0 Å². The van der Waals surface area contributed by atoms with Gasteiger partial charge in [-0.25, -0.2) is 0 Å². The van der Waals surface area contributed by atoms with Crippen molar-refractivity contribution in [3.63, 3.8) is 0 Å². The van der Waals surface area contributed by atoms with Crippen LogP contribution in [0.15, 0.2) is 42.5 Å². The zero-order valence-corrected chi connectivity index (χ0v) is 13.0. The fourth-order valence-corrected chi connectivity index (χ4v) is 2.39. The number of rotatable bonds is 4. The summed E-state index contributed by atoms with van der Waals surface area (Å²) in [4.78, 5) is 12.4. The van der Waals surface area contributed by atoms with Crippen molar-refractivity contribution in [3.8, 4) is 0 Å². The van der Waals surface area contributed by atoms with E-state index in [1.54, 1.807) is 0 Å². The lowest BCUT2D eigenvalue weighted by atomic mass is 10.0. The van der Waals surface area contributed by atoms with E-state index in [4.69, 9.17) is 0 Å². The van der Waals surface area contributed by atoms with Crippen LogP contribution in [0.4, 0.5) is 11.4 Å². The zero-order valence-electron chi connectivity index (χ0n) is 13.0. The van der Waals surface area contributed by atoms with Crippen molar-refractivity contribution in [1.82, 2.24) is 0 Å². The molecule has 1 amide bonds. The number of hydrogen-bond donors (Lipinski definition) is 2. The minimum absolute atomic E-state index is 0.0751. The molecular formula is C18H22N2O. The Labute approximate surface area is 126 Å². The van der Waals surface area contributed by atoms with Gasteiger partial charge in [-0.15, -0.1) is 0 Å². The van der Waals surface area contributed by atoms with Gasteiger partial charge >= 0.3 is 0 Å². The Kier molecular flexibility index (Phi) is 4.63. The van der Waals surface area contributed by atoms with Crippen LogP contribution in [0.5, 0.6) is 0 Å². The first-order valence-corrected chi connectivity index (χ1v) is 7.21. The highest BCUT2D eigenvalue weighted by atomic mass is 16.1. The third kappa shape index (κ3) is 3.43. The first-order chi connectivity index (χ1) is 10.0. The van der Waals surface area contributed by atoms with Crippen LogP contribution in [0, 0.1) is 6.92 Å². The minimum atomic E-state index is -0.0751. The van der Waals surface area contributed by atoms with E-state index in [2.05, 4.69) is 30.5 Å². The number of benzene rings is 2. The summed E-state index contributed by atoms with van der Waals surface area (Å²) in [5.74, 6) is 0.295. The number of aryl methyl sites for hydroxylation is 1. The smallest absolute Gasteiger partial charge is 0.255 e. The molecule has 21 heavy (non-hydrogen) atoms. The lowest BCUT2D eigenvalue weighted by Crippen LogP contribution is -2.14. The predicted molar refractivity (Wildman–Crippen MR) is 89.2 cm³/mol. The molecule has 0 spiro atoms. The summed E-state index contributed by atoms with van der Waals surface area (Å²) in [6.45, 7) is 6.23. The Hall–Kier alpha value is -2.29. The quantitative estimate of drug-likeness (QED) is 0.872. The highest BCUT2D eigenvalue weighted by molar-refractivity contribution is 6.05. The topological polar surface area (TPSA) is 41.1 Å². The summed E-state index contributed by atoms with van der Waals surface area (Å²) in [5, 5.41) is 6.12. The molecule has 0 fully saturated rings. The molecule has 0 radical (unpaired) electrons. The van der Waals surface area contributed by atoms with E-state index in [-0.39, 0.29) is 5.91 Å². The Bertz CT molecular complexity index is 647. The van der Waals surface area contributed by atoms with Crippen molar-refractivity contribution in [2.24, 2.45) is 0 Å². The fraction of sp³-hybridized carbons (Fsp3) is 0.278. The van der Waals surface area contributed by atoms with Crippen LogP contribution in [-0.2, 0) is 0 Å². The van der Waals surface area contributed by atoms with E-state index in [1.165, 1.54) is 0 Å². The van der Waals surface area contributed by atoms with Gasteiger partial charge in [0.05, 0.1) is 0 Å². The van der Waals surface area contributed by atoms with E-state index < -0.39 is 0 Å². The molecule has 0 aliphatic heterocycles.